The van der Waals surface area contributed by atoms with Gasteiger partial charge < -0.3 is 25.2 Å². The molecule has 2 aromatic rings. The fourth-order valence-electron chi connectivity index (χ4n) is 2.17. The first-order valence-electron chi connectivity index (χ1n) is 7.48. The molecule has 0 aliphatic carbocycles. The van der Waals surface area contributed by atoms with Gasteiger partial charge in [0.1, 0.15) is 24.9 Å². The average Bonchev–Trinajstić information content (AvgIpc) is 2.65. The van der Waals surface area contributed by atoms with Crippen LogP contribution in [0.15, 0.2) is 60.7 Å². The van der Waals surface area contributed by atoms with Crippen molar-refractivity contribution in [2.45, 2.75) is 31.0 Å². The van der Waals surface area contributed by atoms with Crippen molar-refractivity contribution in [2.75, 3.05) is 0 Å². The zero-order valence-electron chi connectivity index (χ0n) is 12.9. The number of rotatable bonds is 7. The summed E-state index contributed by atoms with van der Waals surface area (Å²) in [5.41, 5.74) is 1.08. The summed E-state index contributed by atoms with van der Waals surface area (Å²) in [5, 5.41) is 39.8. The first kappa shape index (κ1) is 18.1. The van der Waals surface area contributed by atoms with Gasteiger partial charge in [-0.2, -0.15) is 0 Å². The van der Waals surface area contributed by atoms with Crippen LogP contribution in [0.5, 0.6) is 0 Å². The Morgan fingerprint density at radius 1 is 0.833 bits per heavy atom. The Labute approximate surface area is 139 Å². The van der Waals surface area contributed by atoms with Crippen LogP contribution in [-0.4, -0.2) is 44.7 Å². The van der Waals surface area contributed by atoms with Gasteiger partial charge in [0, 0.05) is 0 Å². The molecule has 0 bridgehead atoms. The Morgan fingerprint density at radius 3 is 1.96 bits per heavy atom. The maximum Gasteiger partial charge on any atom is 0.338 e. The number of ether oxygens (including phenoxy) is 1. The fourth-order valence-corrected chi connectivity index (χ4v) is 2.17. The molecule has 0 aliphatic rings. The third-order valence-corrected chi connectivity index (χ3v) is 3.60. The van der Waals surface area contributed by atoms with Gasteiger partial charge in [0.25, 0.3) is 0 Å². The van der Waals surface area contributed by atoms with Crippen molar-refractivity contribution in [3.63, 3.8) is 0 Å². The van der Waals surface area contributed by atoms with Crippen molar-refractivity contribution in [3.8, 4) is 0 Å². The van der Waals surface area contributed by atoms with Gasteiger partial charge in [0.2, 0.25) is 0 Å². The van der Waals surface area contributed by atoms with Crippen LogP contribution in [0.4, 0.5) is 0 Å². The minimum atomic E-state index is -1.97. The molecule has 0 unspecified atom stereocenters. The predicted molar refractivity (Wildman–Crippen MR) is 85.7 cm³/mol. The predicted octanol–water partition coefficient (Wildman–Crippen LogP) is 0.546. The number of hydrogen-bond donors (Lipinski definition) is 4. The van der Waals surface area contributed by atoms with E-state index in [0.717, 1.165) is 5.56 Å². The van der Waals surface area contributed by atoms with E-state index in [2.05, 4.69) is 0 Å². The Hall–Kier alpha value is -2.25. The molecule has 4 N–H and O–H groups in total. The highest BCUT2D eigenvalue weighted by Crippen LogP contribution is 2.20. The van der Waals surface area contributed by atoms with Gasteiger partial charge in [-0.05, 0) is 11.1 Å². The summed E-state index contributed by atoms with van der Waals surface area (Å²) in [7, 11) is 0. The summed E-state index contributed by atoms with van der Waals surface area (Å²) in [6.45, 7) is -0.0687. The van der Waals surface area contributed by atoms with Crippen LogP contribution in [0.1, 0.15) is 17.2 Å². The van der Waals surface area contributed by atoms with Gasteiger partial charge in [-0.25, -0.2) is 4.79 Å². The summed E-state index contributed by atoms with van der Waals surface area (Å²) in [5.74, 6) is -1.08. The highest BCUT2D eigenvalue weighted by molar-refractivity contribution is 5.75. The minimum Gasteiger partial charge on any atom is -0.459 e. The Kier molecular flexibility index (Phi) is 6.45. The third-order valence-electron chi connectivity index (χ3n) is 3.60. The molecule has 0 amide bonds. The van der Waals surface area contributed by atoms with Crippen molar-refractivity contribution in [1.29, 1.82) is 0 Å². The smallest absolute Gasteiger partial charge is 0.338 e. The van der Waals surface area contributed by atoms with E-state index < -0.39 is 30.4 Å². The largest absolute Gasteiger partial charge is 0.459 e. The van der Waals surface area contributed by atoms with Crippen molar-refractivity contribution >= 4 is 5.97 Å². The van der Waals surface area contributed by atoms with Gasteiger partial charge in [-0.3, -0.25) is 0 Å². The van der Waals surface area contributed by atoms with Crippen molar-refractivity contribution < 1.29 is 30.0 Å². The molecular weight excluding hydrogens is 312 g/mol. The van der Waals surface area contributed by atoms with Crippen LogP contribution in [0.2, 0.25) is 0 Å². The van der Waals surface area contributed by atoms with E-state index in [1.54, 1.807) is 54.6 Å². The molecule has 0 aromatic heterocycles. The van der Waals surface area contributed by atoms with Gasteiger partial charge in [0.15, 0.2) is 6.10 Å². The van der Waals surface area contributed by atoms with Crippen LogP contribution >= 0.6 is 0 Å². The molecule has 0 heterocycles. The summed E-state index contributed by atoms with van der Waals surface area (Å²) < 4.78 is 4.90. The van der Waals surface area contributed by atoms with Crippen LogP contribution in [-0.2, 0) is 16.1 Å². The maximum atomic E-state index is 11.8. The molecule has 4 atom stereocenters. The standard InChI is InChI=1S/C18H20O6/c19-14(13-9-5-2-6-10-13)15(20)16(21)17(22)18(23)24-11-12-7-3-1-4-8-12/h1-10,14-17,19-22H,11H2/t14-,15+,16-,17+/m0/s1. The van der Waals surface area contributed by atoms with E-state index in [1.807, 2.05) is 6.07 Å². The van der Waals surface area contributed by atoms with Crippen molar-refractivity contribution in [1.82, 2.24) is 0 Å². The molecular formula is C18H20O6. The molecule has 0 spiro atoms. The number of aliphatic hydroxyl groups is 4. The summed E-state index contributed by atoms with van der Waals surface area (Å²) >= 11 is 0. The second-order valence-electron chi connectivity index (χ2n) is 5.37. The van der Waals surface area contributed by atoms with E-state index in [0.29, 0.717) is 5.56 Å². The maximum absolute atomic E-state index is 11.8. The van der Waals surface area contributed by atoms with Crippen LogP contribution < -0.4 is 0 Å². The second kappa shape index (κ2) is 8.56. The quantitative estimate of drug-likeness (QED) is 0.552. The van der Waals surface area contributed by atoms with Gasteiger partial charge in [-0.15, -0.1) is 0 Å². The minimum absolute atomic E-state index is 0.0687. The zero-order chi connectivity index (χ0) is 17.5. The van der Waals surface area contributed by atoms with E-state index in [9.17, 15) is 25.2 Å². The number of carbonyl (C=O) groups excluding carboxylic acids is 1. The van der Waals surface area contributed by atoms with Crippen LogP contribution in [0.25, 0.3) is 0 Å². The second-order valence-corrected chi connectivity index (χ2v) is 5.37. The Bertz CT molecular complexity index is 630. The van der Waals surface area contributed by atoms with Crippen molar-refractivity contribution in [3.05, 3.63) is 71.8 Å². The first-order chi connectivity index (χ1) is 11.5. The lowest BCUT2D eigenvalue weighted by molar-refractivity contribution is -0.170. The zero-order valence-corrected chi connectivity index (χ0v) is 12.9. The molecule has 128 valence electrons. The summed E-state index contributed by atoms with van der Waals surface area (Å²) in [6.07, 6.45) is -7.05. The van der Waals surface area contributed by atoms with Crippen LogP contribution in [0, 0.1) is 0 Å². The summed E-state index contributed by atoms with van der Waals surface area (Å²) in [4.78, 5) is 11.8. The SMILES string of the molecule is O=C(OCc1ccccc1)[C@H](O)[C@@H](O)[C@H](O)[C@@H](O)c1ccccc1. The number of benzene rings is 2. The van der Waals surface area contributed by atoms with E-state index >= 15 is 0 Å². The van der Waals surface area contributed by atoms with Gasteiger partial charge in [0.05, 0.1) is 0 Å². The Balaban J connectivity index is 1.92. The van der Waals surface area contributed by atoms with E-state index in [1.165, 1.54) is 0 Å². The molecule has 0 radical (unpaired) electrons. The number of esters is 1. The normalized spacial score (nSPS) is 16.0. The lowest BCUT2D eigenvalue weighted by Gasteiger charge is -2.25. The van der Waals surface area contributed by atoms with Crippen LogP contribution in [0.3, 0.4) is 0 Å². The molecule has 24 heavy (non-hydrogen) atoms. The molecule has 2 rings (SSSR count). The van der Waals surface area contributed by atoms with Crippen molar-refractivity contribution in [2.24, 2.45) is 0 Å². The fraction of sp³-hybridized carbons (Fsp3) is 0.278. The van der Waals surface area contributed by atoms with E-state index in [4.69, 9.17) is 4.74 Å². The van der Waals surface area contributed by atoms with Gasteiger partial charge >= 0.3 is 5.97 Å². The van der Waals surface area contributed by atoms with Gasteiger partial charge in [-0.1, -0.05) is 60.7 Å². The first-order valence-corrected chi connectivity index (χ1v) is 7.48. The lowest BCUT2D eigenvalue weighted by atomic mass is 9.97. The highest BCUT2D eigenvalue weighted by Gasteiger charge is 2.35. The third kappa shape index (κ3) is 4.62. The highest BCUT2D eigenvalue weighted by atomic mass is 16.5. The average molecular weight is 332 g/mol. The molecule has 0 saturated heterocycles. The molecule has 0 aliphatic heterocycles. The summed E-state index contributed by atoms with van der Waals surface area (Å²) in [6, 6.07) is 17.0. The monoisotopic (exact) mass is 332 g/mol. The number of hydrogen-bond acceptors (Lipinski definition) is 6. The lowest BCUT2D eigenvalue weighted by Crippen LogP contribution is -2.45. The number of aliphatic hydroxyl groups excluding tert-OH is 4. The molecule has 0 saturated carbocycles. The topological polar surface area (TPSA) is 107 Å². The van der Waals surface area contributed by atoms with E-state index in [-0.39, 0.29) is 6.61 Å². The molecule has 6 nitrogen and oxygen atoms in total. The molecule has 0 fully saturated rings. The number of carbonyl (C=O) groups is 1. The Morgan fingerprint density at radius 2 is 1.38 bits per heavy atom. The molecule has 6 heteroatoms. The molecule has 2 aromatic carbocycles.